The van der Waals surface area contributed by atoms with Crippen LogP contribution in [0.4, 0.5) is 51.4 Å². The van der Waals surface area contributed by atoms with Crippen LogP contribution in [-0.4, -0.2) is 15.0 Å². The Morgan fingerprint density at radius 2 is 0.446 bits per heavy atom. The van der Waals surface area contributed by atoms with Gasteiger partial charge in [0.05, 0.1) is 0 Å². The molecule has 0 saturated heterocycles. The van der Waals surface area contributed by atoms with Gasteiger partial charge in [0.15, 0.2) is 0 Å². The Bertz CT molecular complexity index is 2700. The van der Waals surface area contributed by atoms with E-state index in [1.54, 1.807) is 0 Å². The maximum absolute atomic E-state index is 6.51. The number of aryl methyl sites for hydroxylation is 6. The van der Waals surface area contributed by atoms with Crippen LogP contribution in [0.25, 0.3) is 0 Å². The van der Waals surface area contributed by atoms with E-state index in [0.717, 1.165) is 56.6 Å². The lowest BCUT2D eigenvalue weighted by molar-refractivity contribution is 0.398. The van der Waals surface area contributed by atoms with Gasteiger partial charge in [-0.3, -0.25) is 4.90 Å². The van der Waals surface area contributed by atoms with Crippen LogP contribution in [0.2, 0.25) is 0 Å². The molecule has 65 heavy (non-hydrogen) atoms. The summed E-state index contributed by atoms with van der Waals surface area (Å²) in [6.07, 6.45) is 0. The molecule has 8 heteroatoms. The molecule has 0 aliphatic rings. The molecule has 0 atom stereocenters. The first kappa shape index (κ1) is 42.1. The van der Waals surface area contributed by atoms with Gasteiger partial charge in [0.25, 0.3) is 0 Å². The Morgan fingerprint density at radius 1 is 0.246 bits per heavy atom. The molecular formula is C57H50N6O2. The van der Waals surface area contributed by atoms with Crippen LogP contribution in [0.5, 0.6) is 23.5 Å². The zero-order valence-electron chi connectivity index (χ0n) is 37.5. The summed E-state index contributed by atoms with van der Waals surface area (Å²) in [5.41, 5.74) is 15.0. The summed E-state index contributed by atoms with van der Waals surface area (Å²) in [4.78, 5) is 21.1. The summed E-state index contributed by atoms with van der Waals surface area (Å²) in [5.74, 6) is 1.44. The minimum absolute atomic E-state index is 0.0810. The molecule has 0 unspecified atom stereocenters. The molecule has 0 radical (unpaired) electrons. The average Bonchev–Trinajstić information content (AvgIpc) is 3.31. The van der Waals surface area contributed by atoms with Gasteiger partial charge in [-0.2, -0.15) is 9.97 Å². The van der Waals surface area contributed by atoms with Gasteiger partial charge in [-0.25, -0.2) is 0 Å². The second kappa shape index (κ2) is 18.6. The van der Waals surface area contributed by atoms with E-state index in [9.17, 15) is 0 Å². The SMILES string of the molecule is Cc1ccc(N(c2ccc(C)cc2)c2ccc(Oc3nc(Oc4ccc(N(c5ccc(C)cc5)c5ccc(C)cc5)cc4)nc(N(c4ccc(C)cc4)c4ccc(C)cc4)n3)cc2)cc1. The van der Waals surface area contributed by atoms with E-state index in [1.165, 1.54) is 22.3 Å². The van der Waals surface area contributed by atoms with Crippen LogP contribution >= 0.6 is 0 Å². The maximum atomic E-state index is 6.51. The second-order valence-corrected chi connectivity index (χ2v) is 16.4. The van der Waals surface area contributed by atoms with E-state index in [0.29, 0.717) is 17.4 Å². The third kappa shape index (κ3) is 9.88. The van der Waals surface area contributed by atoms with Crippen molar-refractivity contribution >= 4 is 51.4 Å². The summed E-state index contributed by atoms with van der Waals surface area (Å²) in [5, 5.41) is 0. The summed E-state index contributed by atoms with van der Waals surface area (Å²) in [7, 11) is 0. The number of benzene rings is 8. The van der Waals surface area contributed by atoms with E-state index >= 15 is 0 Å². The van der Waals surface area contributed by atoms with E-state index in [1.807, 2.05) is 53.4 Å². The van der Waals surface area contributed by atoms with Gasteiger partial charge in [0.2, 0.25) is 5.95 Å². The zero-order valence-corrected chi connectivity index (χ0v) is 37.5. The first-order valence-corrected chi connectivity index (χ1v) is 21.7. The summed E-state index contributed by atoms with van der Waals surface area (Å²) < 4.78 is 13.0. The Kier molecular flexibility index (Phi) is 12.1. The molecule has 9 aromatic rings. The highest BCUT2D eigenvalue weighted by molar-refractivity contribution is 5.78. The normalized spacial score (nSPS) is 10.9. The highest BCUT2D eigenvalue weighted by Gasteiger charge is 2.21. The lowest BCUT2D eigenvalue weighted by atomic mass is 10.1. The topological polar surface area (TPSA) is 66.9 Å². The van der Waals surface area contributed by atoms with Gasteiger partial charge < -0.3 is 19.3 Å². The zero-order chi connectivity index (χ0) is 44.9. The second-order valence-electron chi connectivity index (χ2n) is 16.4. The van der Waals surface area contributed by atoms with Crippen molar-refractivity contribution in [1.82, 2.24) is 15.0 Å². The smallest absolute Gasteiger partial charge is 0.330 e. The molecule has 8 aromatic carbocycles. The fraction of sp³-hybridized carbons (Fsp3) is 0.105. The van der Waals surface area contributed by atoms with E-state index in [4.69, 9.17) is 24.4 Å². The Hall–Kier alpha value is -8.23. The van der Waals surface area contributed by atoms with Gasteiger partial charge in [0, 0.05) is 45.5 Å². The van der Waals surface area contributed by atoms with E-state index in [-0.39, 0.29) is 12.0 Å². The van der Waals surface area contributed by atoms with Gasteiger partial charge >= 0.3 is 12.0 Å². The van der Waals surface area contributed by atoms with Gasteiger partial charge in [-0.1, -0.05) is 106 Å². The van der Waals surface area contributed by atoms with Crippen LogP contribution in [0, 0.1) is 41.5 Å². The van der Waals surface area contributed by atoms with Crippen molar-refractivity contribution in [2.75, 3.05) is 14.7 Å². The van der Waals surface area contributed by atoms with Crippen LogP contribution in [0.15, 0.2) is 194 Å². The lowest BCUT2D eigenvalue weighted by Crippen LogP contribution is -2.15. The molecule has 1 aromatic heterocycles. The molecule has 0 aliphatic carbocycles. The highest BCUT2D eigenvalue weighted by atomic mass is 16.5. The van der Waals surface area contributed by atoms with Crippen LogP contribution in [0.1, 0.15) is 33.4 Å². The molecule has 0 aliphatic heterocycles. The number of rotatable bonds is 13. The predicted molar refractivity (Wildman–Crippen MR) is 265 cm³/mol. The van der Waals surface area contributed by atoms with Crippen LogP contribution in [-0.2, 0) is 0 Å². The lowest BCUT2D eigenvalue weighted by Gasteiger charge is -2.26. The van der Waals surface area contributed by atoms with Crippen molar-refractivity contribution in [1.29, 1.82) is 0 Å². The number of ether oxygens (including phenoxy) is 2. The number of anilines is 9. The minimum Gasteiger partial charge on any atom is -0.424 e. The number of aromatic nitrogens is 3. The molecular weight excluding hydrogens is 801 g/mol. The van der Waals surface area contributed by atoms with Gasteiger partial charge in [-0.15, -0.1) is 4.98 Å². The molecule has 0 spiro atoms. The van der Waals surface area contributed by atoms with E-state index < -0.39 is 0 Å². The molecule has 320 valence electrons. The minimum atomic E-state index is 0.0810. The standard InChI is InChI=1S/C57H50N6O2/c1-39-7-19-45(20-8-39)61(46-21-9-40(2)10-22-46)49-31-35-53(36-32-49)64-56-58-55(63(51-27-15-43(5)16-28-51)52-29-17-44(6)18-30-52)59-57(60-56)65-54-37-33-50(34-38-54)62(47-23-11-41(3)12-24-47)48-25-13-42(4)14-26-48/h7-38H,1-6H3. The average molecular weight is 851 g/mol. The van der Waals surface area contributed by atoms with Crippen LogP contribution in [0.3, 0.4) is 0 Å². The van der Waals surface area contributed by atoms with Crippen molar-refractivity contribution in [2.45, 2.75) is 41.5 Å². The van der Waals surface area contributed by atoms with Crippen molar-refractivity contribution < 1.29 is 9.47 Å². The summed E-state index contributed by atoms with van der Waals surface area (Å²) in [6.45, 7) is 12.5. The number of hydrogen-bond donors (Lipinski definition) is 0. The third-order valence-corrected chi connectivity index (χ3v) is 11.1. The largest absolute Gasteiger partial charge is 0.424 e. The molecule has 8 nitrogen and oxygen atoms in total. The first-order valence-electron chi connectivity index (χ1n) is 21.7. The van der Waals surface area contributed by atoms with Crippen molar-refractivity contribution in [2.24, 2.45) is 0 Å². The quantitative estimate of drug-likeness (QED) is 0.114. The summed E-state index contributed by atoms with van der Waals surface area (Å²) in [6, 6.07) is 66.7. The van der Waals surface area contributed by atoms with Crippen molar-refractivity contribution in [3.8, 4) is 23.5 Å². The number of nitrogens with zero attached hydrogens (tertiary/aromatic N) is 6. The number of hydrogen-bond acceptors (Lipinski definition) is 8. The van der Waals surface area contributed by atoms with Crippen molar-refractivity contribution in [3.63, 3.8) is 0 Å². The molecule has 9 rings (SSSR count). The summed E-state index contributed by atoms with van der Waals surface area (Å²) >= 11 is 0. The molecule has 1 heterocycles. The predicted octanol–water partition coefficient (Wildman–Crippen LogP) is 15.7. The molecule has 0 fully saturated rings. The third-order valence-electron chi connectivity index (χ3n) is 11.1. The molecule has 0 N–H and O–H groups in total. The Morgan fingerprint density at radius 3 is 0.677 bits per heavy atom. The Labute approximate surface area is 381 Å². The first-order chi connectivity index (χ1) is 31.6. The Balaban J connectivity index is 1.08. The maximum Gasteiger partial charge on any atom is 0.330 e. The van der Waals surface area contributed by atoms with Gasteiger partial charge in [0.1, 0.15) is 11.5 Å². The van der Waals surface area contributed by atoms with E-state index in [2.05, 4.69) is 197 Å². The molecule has 0 bridgehead atoms. The fourth-order valence-corrected chi connectivity index (χ4v) is 7.49. The van der Waals surface area contributed by atoms with Crippen LogP contribution < -0.4 is 24.2 Å². The fourth-order valence-electron chi connectivity index (χ4n) is 7.49. The molecule has 0 amide bonds. The highest BCUT2D eigenvalue weighted by Crippen LogP contribution is 2.39. The molecule has 0 saturated carbocycles. The van der Waals surface area contributed by atoms with Crippen molar-refractivity contribution in [3.05, 3.63) is 228 Å². The monoisotopic (exact) mass is 850 g/mol. The van der Waals surface area contributed by atoms with Gasteiger partial charge in [-0.05, 0) is 163 Å².